The van der Waals surface area contributed by atoms with Crippen LogP contribution in [0.5, 0.6) is 0 Å². The van der Waals surface area contributed by atoms with E-state index in [1.165, 1.54) is 6.92 Å². The third kappa shape index (κ3) is 9.51. The molecule has 1 rings (SSSR count). The van der Waals surface area contributed by atoms with Gasteiger partial charge in [-0.1, -0.05) is 48.5 Å². The monoisotopic (exact) mass is 272 g/mol. The van der Waals surface area contributed by atoms with Gasteiger partial charge in [-0.2, -0.15) is 0 Å². The minimum atomic E-state index is -0.420. The van der Waals surface area contributed by atoms with Gasteiger partial charge < -0.3 is 10.6 Å². The molecule has 114 valence electrons. The molecule has 0 aromatic heterocycles. The van der Waals surface area contributed by atoms with Crippen LogP contribution in [0.2, 0.25) is 0 Å². The second kappa shape index (κ2) is 9.82. The fraction of sp³-hybridized carbons (Fsp3) is 0.867. The summed E-state index contributed by atoms with van der Waals surface area (Å²) in [6, 6.07) is -0.332. The zero-order valence-electron chi connectivity index (χ0n) is 13.9. The standard InChI is InChI=1S/C11H20N2O2.2C2H6/c1-7(14)9(11(2,3)4)13-10(15)12-8-5-6-8;2*1-2/h8-9H,5-6H2,1-4H3,(H2,12,13,15);2*1-2H3. The second-order valence-corrected chi connectivity index (χ2v) is 5.30. The summed E-state index contributed by atoms with van der Waals surface area (Å²) in [7, 11) is 0. The molecule has 0 radical (unpaired) electrons. The van der Waals surface area contributed by atoms with Gasteiger partial charge >= 0.3 is 6.03 Å². The molecule has 0 bridgehead atoms. The first-order valence-corrected chi connectivity index (χ1v) is 7.38. The Labute approximate surface area is 118 Å². The molecule has 0 heterocycles. The molecule has 1 unspecified atom stereocenters. The van der Waals surface area contributed by atoms with Gasteiger partial charge in [0.25, 0.3) is 0 Å². The molecule has 19 heavy (non-hydrogen) atoms. The smallest absolute Gasteiger partial charge is 0.315 e. The van der Waals surface area contributed by atoms with Crippen LogP contribution < -0.4 is 10.6 Å². The number of ketones is 1. The maximum Gasteiger partial charge on any atom is 0.315 e. The molecule has 2 N–H and O–H groups in total. The Balaban J connectivity index is 0. The van der Waals surface area contributed by atoms with Gasteiger partial charge in [-0.25, -0.2) is 4.79 Å². The largest absolute Gasteiger partial charge is 0.335 e. The molecule has 0 aliphatic heterocycles. The van der Waals surface area contributed by atoms with Crippen molar-refractivity contribution in [2.24, 2.45) is 5.41 Å². The van der Waals surface area contributed by atoms with E-state index in [2.05, 4.69) is 10.6 Å². The van der Waals surface area contributed by atoms with Crippen molar-refractivity contribution in [3.05, 3.63) is 0 Å². The maximum atomic E-state index is 11.5. The molecule has 4 heteroatoms. The summed E-state index contributed by atoms with van der Waals surface area (Å²) in [4.78, 5) is 22.9. The lowest BCUT2D eigenvalue weighted by molar-refractivity contribution is -0.121. The summed E-state index contributed by atoms with van der Waals surface area (Å²) in [5, 5.41) is 5.54. The van der Waals surface area contributed by atoms with Gasteiger partial charge in [-0.05, 0) is 25.2 Å². The van der Waals surface area contributed by atoms with Gasteiger partial charge in [0.2, 0.25) is 0 Å². The average molecular weight is 272 g/mol. The van der Waals surface area contributed by atoms with Gasteiger partial charge in [-0.3, -0.25) is 4.79 Å². The highest BCUT2D eigenvalue weighted by Crippen LogP contribution is 2.21. The van der Waals surface area contributed by atoms with Crippen molar-refractivity contribution < 1.29 is 9.59 Å². The Bertz CT molecular complexity index is 266. The van der Waals surface area contributed by atoms with Crippen LogP contribution >= 0.6 is 0 Å². The van der Waals surface area contributed by atoms with Crippen molar-refractivity contribution >= 4 is 11.8 Å². The molecule has 1 atom stereocenters. The summed E-state index contributed by atoms with van der Waals surface area (Å²) < 4.78 is 0. The SMILES string of the molecule is CC.CC.CC(=O)C(NC(=O)NC1CC1)C(C)(C)C. The van der Waals surface area contributed by atoms with Gasteiger partial charge in [0.05, 0.1) is 6.04 Å². The van der Waals surface area contributed by atoms with E-state index in [-0.39, 0.29) is 17.2 Å². The van der Waals surface area contributed by atoms with Crippen LogP contribution in [-0.2, 0) is 4.79 Å². The van der Waals surface area contributed by atoms with Gasteiger partial charge in [0.1, 0.15) is 0 Å². The predicted molar refractivity (Wildman–Crippen MR) is 81.3 cm³/mol. The van der Waals surface area contributed by atoms with Crippen molar-refractivity contribution in [2.45, 2.75) is 80.3 Å². The predicted octanol–water partition coefficient (Wildman–Crippen LogP) is 3.50. The first-order valence-electron chi connectivity index (χ1n) is 7.38. The highest BCUT2D eigenvalue weighted by atomic mass is 16.2. The number of urea groups is 1. The Kier molecular flexibility index (Phi) is 10.5. The van der Waals surface area contributed by atoms with E-state index in [1.807, 2.05) is 48.5 Å². The van der Waals surface area contributed by atoms with Crippen LogP contribution in [-0.4, -0.2) is 23.9 Å². The summed E-state index contributed by atoms with van der Waals surface area (Å²) in [6.07, 6.45) is 2.10. The van der Waals surface area contributed by atoms with E-state index in [4.69, 9.17) is 0 Å². The number of amides is 2. The topological polar surface area (TPSA) is 58.2 Å². The number of hydrogen-bond acceptors (Lipinski definition) is 2. The molecular formula is C15H32N2O2. The maximum absolute atomic E-state index is 11.5. The van der Waals surface area contributed by atoms with Crippen molar-refractivity contribution in [3.63, 3.8) is 0 Å². The van der Waals surface area contributed by atoms with Crippen molar-refractivity contribution in [1.82, 2.24) is 10.6 Å². The van der Waals surface area contributed by atoms with Crippen LogP contribution in [0.15, 0.2) is 0 Å². The molecular weight excluding hydrogens is 240 g/mol. The van der Waals surface area contributed by atoms with Crippen LogP contribution in [0.4, 0.5) is 4.79 Å². The van der Waals surface area contributed by atoms with E-state index in [0.717, 1.165) is 12.8 Å². The van der Waals surface area contributed by atoms with Crippen LogP contribution in [0, 0.1) is 5.41 Å². The lowest BCUT2D eigenvalue weighted by Gasteiger charge is -2.29. The normalized spacial score (nSPS) is 14.9. The van der Waals surface area contributed by atoms with Crippen molar-refractivity contribution in [1.29, 1.82) is 0 Å². The molecule has 4 nitrogen and oxygen atoms in total. The Morgan fingerprint density at radius 3 is 1.74 bits per heavy atom. The summed E-state index contributed by atoms with van der Waals surface area (Å²) >= 11 is 0. The molecule has 1 saturated carbocycles. The van der Waals surface area contributed by atoms with Crippen LogP contribution in [0.25, 0.3) is 0 Å². The number of carbonyl (C=O) groups is 2. The molecule has 1 fully saturated rings. The Morgan fingerprint density at radius 1 is 1.05 bits per heavy atom. The summed E-state index contributed by atoms with van der Waals surface area (Å²) in [5.41, 5.74) is -0.243. The fourth-order valence-electron chi connectivity index (χ4n) is 1.51. The van der Waals surface area contributed by atoms with E-state index in [1.54, 1.807) is 0 Å². The van der Waals surface area contributed by atoms with E-state index >= 15 is 0 Å². The number of Topliss-reactive ketones (excluding diaryl/α,β-unsaturated/α-hetero) is 1. The van der Waals surface area contributed by atoms with Gasteiger partial charge in [0, 0.05) is 6.04 Å². The quantitative estimate of drug-likeness (QED) is 0.826. The Hall–Kier alpha value is -1.06. The number of rotatable bonds is 3. The zero-order chi connectivity index (χ0) is 15.6. The van der Waals surface area contributed by atoms with E-state index in [9.17, 15) is 9.59 Å². The summed E-state index contributed by atoms with van der Waals surface area (Å²) in [6.45, 7) is 15.3. The van der Waals surface area contributed by atoms with Gasteiger partial charge in [0.15, 0.2) is 5.78 Å². The zero-order valence-corrected chi connectivity index (χ0v) is 13.9. The fourth-order valence-corrected chi connectivity index (χ4v) is 1.51. The van der Waals surface area contributed by atoms with Crippen LogP contribution in [0.1, 0.15) is 68.2 Å². The number of nitrogens with one attached hydrogen (secondary N) is 2. The number of carbonyl (C=O) groups excluding carboxylic acids is 2. The lowest BCUT2D eigenvalue weighted by atomic mass is 9.84. The van der Waals surface area contributed by atoms with E-state index < -0.39 is 6.04 Å². The third-order valence-corrected chi connectivity index (χ3v) is 2.46. The summed E-state index contributed by atoms with van der Waals surface area (Å²) in [5.74, 6) is -0.00607. The average Bonchev–Trinajstić information content (AvgIpc) is 3.13. The van der Waals surface area contributed by atoms with Crippen molar-refractivity contribution in [2.75, 3.05) is 0 Å². The van der Waals surface area contributed by atoms with Crippen LogP contribution in [0.3, 0.4) is 0 Å². The second-order valence-electron chi connectivity index (χ2n) is 5.30. The van der Waals surface area contributed by atoms with E-state index in [0.29, 0.717) is 6.04 Å². The minimum absolute atomic E-state index is 0.00607. The molecule has 0 aromatic carbocycles. The molecule has 0 aromatic rings. The minimum Gasteiger partial charge on any atom is -0.335 e. The molecule has 0 spiro atoms. The third-order valence-electron chi connectivity index (χ3n) is 2.46. The first-order chi connectivity index (χ1) is 8.80. The lowest BCUT2D eigenvalue weighted by Crippen LogP contribution is -2.51. The number of hydrogen-bond donors (Lipinski definition) is 2. The highest BCUT2D eigenvalue weighted by Gasteiger charge is 2.31. The molecule has 0 saturated heterocycles. The molecule has 2 amide bonds. The van der Waals surface area contributed by atoms with Crippen molar-refractivity contribution in [3.8, 4) is 0 Å². The highest BCUT2D eigenvalue weighted by molar-refractivity contribution is 5.87. The molecule has 1 aliphatic carbocycles. The Morgan fingerprint density at radius 2 is 1.47 bits per heavy atom. The van der Waals surface area contributed by atoms with Gasteiger partial charge in [-0.15, -0.1) is 0 Å². The first kappa shape index (κ1) is 20.3. The molecule has 1 aliphatic rings.